The summed E-state index contributed by atoms with van der Waals surface area (Å²) in [6.07, 6.45) is -4.60. The molecule has 0 aromatic heterocycles. The molecule has 2 N–H and O–H groups in total. The minimum absolute atomic E-state index is 0.190. The number of alkyl halides is 3. The summed E-state index contributed by atoms with van der Waals surface area (Å²) in [6, 6.07) is 15.4. The first-order chi connectivity index (χ1) is 15.0. The van der Waals surface area contributed by atoms with Gasteiger partial charge in [0.15, 0.2) is 6.61 Å². The van der Waals surface area contributed by atoms with Crippen LogP contribution in [0.2, 0.25) is 5.02 Å². The lowest BCUT2D eigenvalue weighted by atomic mass is 10.2. The Bertz CT molecular complexity index is 1200. The molecule has 0 aliphatic carbocycles. The molecule has 0 spiro atoms. The van der Waals surface area contributed by atoms with Crippen molar-refractivity contribution in [2.24, 2.45) is 0 Å². The number of carbonyl (C=O) groups excluding carboxylic acids is 1. The van der Waals surface area contributed by atoms with Gasteiger partial charge in [-0.25, -0.2) is 8.42 Å². The maximum atomic E-state index is 12.8. The molecule has 0 fully saturated rings. The van der Waals surface area contributed by atoms with Crippen molar-refractivity contribution in [1.29, 1.82) is 0 Å². The first kappa shape index (κ1) is 23.4. The van der Waals surface area contributed by atoms with Crippen molar-refractivity contribution in [1.82, 2.24) is 0 Å². The summed E-state index contributed by atoms with van der Waals surface area (Å²) in [7, 11) is -4.14. The lowest BCUT2D eigenvalue weighted by Gasteiger charge is -2.12. The largest absolute Gasteiger partial charge is 0.484 e. The van der Waals surface area contributed by atoms with Crippen molar-refractivity contribution in [2.75, 3.05) is 16.6 Å². The zero-order valence-electron chi connectivity index (χ0n) is 16.2. The average molecular weight is 485 g/mol. The Morgan fingerprint density at radius 1 is 0.938 bits per heavy atom. The molecule has 168 valence electrons. The predicted molar refractivity (Wildman–Crippen MR) is 114 cm³/mol. The molecule has 0 radical (unpaired) electrons. The number of halogens is 4. The zero-order chi connectivity index (χ0) is 23.4. The molecule has 0 bridgehead atoms. The number of hydrogen-bond acceptors (Lipinski definition) is 4. The van der Waals surface area contributed by atoms with Crippen molar-refractivity contribution in [3.63, 3.8) is 0 Å². The van der Waals surface area contributed by atoms with E-state index in [4.69, 9.17) is 16.3 Å². The van der Waals surface area contributed by atoms with Crippen LogP contribution >= 0.6 is 11.6 Å². The van der Waals surface area contributed by atoms with Gasteiger partial charge >= 0.3 is 6.18 Å². The third-order valence-electron chi connectivity index (χ3n) is 4.07. The number of amides is 1. The van der Waals surface area contributed by atoms with Gasteiger partial charge in [-0.05, 0) is 66.7 Å². The van der Waals surface area contributed by atoms with Crippen LogP contribution in [0.25, 0.3) is 0 Å². The van der Waals surface area contributed by atoms with Gasteiger partial charge in [0.25, 0.3) is 15.9 Å². The van der Waals surface area contributed by atoms with E-state index in [1.807, 2.05) is 0 Å². The summed E-state index contributed by atoms with van der Waals surface area (Å²) in [4.78, 5) is 11.8. The summed E-state index contributed by atoms with van der Waals surface area (Å²) in [6.45, 7) is -0.279. The lowest BCUT2D eigenvalue weighted by Crippen LogP contribution is -2.20. The second-order valence-corrected chi connectivity index (χ2v) is 8.62. The number of rotatable bonds is 7. The van der Waals surface area contributed by atoms with Gasteiger partial charge in [-0.1, -0.05) is 17.7 Å². The van der Waals surface area contributed by atoms with Crippen molar-refractivity contribution in [2.45, 2.75) is 11.1 Å². The van der Waals surface area contributed by atoms with E-state index >= 15 is 0 Å². The molecule has 1 amide bonds. The van der Waals surface area contributed by atoms with Gasteiger partial charge < -0.3 is 10.1 Å². The minimum Gasteiger partial charge on any atom is -0.484 e. The molecule has 0 atom stereocenters. The van der Waals surface area contributed by atoms with Crippen LogP contribution < -0.4 is 14.8 Å². The topological polar surface area (TPSA) is 84.5 Å². The molecule has 0 aliphatic rings. The molecule has 0 aliphatic heterocycles. The molecular formula is C21H16ClF3N2O4S. The fourth-order valence-corrected chi connectivity index (χ4v) is 3.74. The highest BCUT2D eigenvalue weighted by molar-refractivity contribution is 7.92. The highest BCUT2D eigenvalue weighted by atomic mass is 35.5. The van der Waals surface area contributed by atoms with E-state index in [-0.39, 0.29) is 17.2 Å². The zero-order valence-corrected chi connectivity index (χ0v) is 17.8. The molecule has 3 rings (SSSR count). The second kappa shape index (κ2) is 9.49. The Morgan fingerprint density at radius 2 is 1.59 bits per heavy atom. The number of anilines is 2. The first-order valence-electron chi connectivity index (χ1n) is 9.01. The van der Waals surface area contributed by atoms with Crippen molar-refractivity contribution in [3.05, 3.63) is 83.4 Å². The molecule has 3 aromatic rings. The number of benzene rings is 3. The quantitative estimate of drug-likeness (QED) is 0.484. The highest BCUT2D eigenvalue weighted by Gasteiger charge is 2.30. The van der Waals surface area contributed by atoms with Gasteiger partial charge in [-0.3, -0.25) is 9.52 Å². The number of hydrogen-bond donors (Lipinski definition) is 2. The Labute approximate surface area is 187 Å². The molecule has 32 heavy (non-hydrogen) atoms. The number of ether oxygens (including phenoxy) is 1. The first-order valence-corrected chi connectivity index (χ1v) is 10.9. The average Bonchev–Trinajstić information content (AvgIpc) is 2.73. The standard InChI is InChI=1S/C21H16ClF3N2O4S/c22-15-4-8-18(9-5-15)31-13-20(28)26-16-6-10-19(11-7-16)32(29,30)27-17-3-1-2-14(12-17)21(23,24)25/h1-12,27H,13H2,(H,26,28). The molecular weight excluding hydrogens is 469 g/mol. The number of sulfonamides is 1. The van der Waals surface area contributed by atoms with E-state index in [0.717, 1.165) is 12.1 Å². The number of carbonyl (C=O) groups is 1. The van der Waals surface area contributed by atoms with Gasteiger partial charge in [0.2, 0.25) is 0 Å². The van der Waals surface area contributed by atoms with Gasteiger partial charge in [0.05, 0.1) is 10.5 Å². The Kier molecular flexibility index (Phi) is 6.95. The Hall–Kier alpha value is -3.24. The van der Waals surface area contributed by atoms with Crippen molar-refractivity contribution < 1.29 is 31.1 Å². The Balaban J connectivity index is 1.61. The maximum Gasteiger partial charge on any atom is 0.416 e. The van der Waals surface area contributed by atoms with Gasteiger partial charge in [0.1, 0.15) is 5.75 Å². The maximum absolute atomic E-state index is 12.8. The third kappa shape index (κ3) is 6.38. The van der Waals surface area contributed by atoms with Crippen LogP contribution in [-0.4, -0.2) is 20.9 Å². The van der Waals surface area contributed by atoms with Crippen LogP contribution in [-0.2, 0) is 21.0 Å². The summed E-state index contributed by atoms with van der Waals surface area (Å²) in [5.41, 5.74) is -0.888. The highest BCUT2D eigenvalue weighted by Crippen LogP contribution is 2.31. The van der Waals surface area contributed by atoms with Gasteiger partial charge in [-0.15, -0.1) is 0 Å². The fraction of sp³-hybridized carbons (Fsp3) is 0.0952. The smallest absolute Gasteiger partial charge is 0.416 e. The summed E-state index contributed by atoms with van der Waals surface area (Å²) in [5, 5.41) is 3.07. The van der Waals surface area contributed by atoms with E-state index in [1.165, 1.54) is 30.3 Å². The Morgan fingerprint density at radius 3 is 2.22 bits per heavy atom. The van der Waals surface area contributed by atoms with E-state index in [1.54, 1.807) is 24.3 Å². The minimum atomic E-state index is -4.60. The predicted octanol–water partition coefficient (Wildman–Crippen LogP) is 5.18. The molecule has 0 heterocycles. The molecule has 0 saturated heterocycles. The van der Waals surface area contributed by atoms with Crippen LogP contribution in [0.15, 0.2) is 77.7 Å². The van der Waals surface area contributed by atoms with E-state index in [9.17, 15) is 26.4 Å². The molecule has 0 saturated carbocycles. The monoisotopic (exact) mass is 484 g/mol. The third-order valence-corrected chi connectivity index (χ3v) is 5.72. The normalized spacial score (nSPS) is 11.6. The van der Waals surface area contributed by atoms with E-state index in [2.05, 4.69) is 10.0 Å². The van der Waals surface area contributed by atoms with Gasteiger partial charge in [-0.2, -0.15) is 13.2 Å². The molecule has 6 nitrogen and oxygen atoms in total. The van der Waals surface area contributed by atoms with Crippen LogP contribution in [0.3, 0.4) is 0 Å². The molecule has 0 unspecified atom stereocenters. The van der Waals surface area contributed by atoms with E-state index in [0.29, 0.717) is 22.5 Å². The SMILES string of the molecule is O=C(COc1ccc(Cl)cc1)Nc1ccc(S(=O)(=O)Nc2cccc(C(F)(F)F)c2)cc1. The van der Waals surface area contributed by atoms with Crippen LogP contribution in [0.1, 0.15) is 5.56 Å². The van der Waals surface area contributed by atoms with Crippen molar-refractivity contribution in [3.8, 4) is 5.75 Å². The summed E-state index contributed by atoms with van der Waals surface area (Å²) in [5.74, 6) is -0.0238. The molecule has 3 aromatic carbocycles. The van der Waals surface area contributed by atoms with Crippen LogP contribution in [0, 0.1) is 0 Å². The fourth-order valence-electron chi connectivity index (χ4n) is 2.57. The summed E-state index contributed by atoms with van der Waals surface area (Å²) >= 11 is 5.77. The van der Waals surface area contributed by atoms with Crippen LogP contribution in [0.5, 0.6) is 5.75 Å². The van der Waals surface area contributed by atoms with E-state index < -0.39 is 27.7 Å². The lowest BCUT2D eigenvalue weighted by molar-refractivity contribution is -0.137. The second-order valence-electron chi connectivity index (χ2n) is 6.50. The van der Waals surface area contributed by atoms with Gasteiger partial charge in [0, 0.05) is 16.4 Å². The van der Waals surface area contributed by atoms with Crippen LogP contribution in [0.4, 0.5) is 24.5 Å². The van der Waals surface area contributed by atoms with Crippen molar-refractivity contribution >= 4 is 38.9 Å². The molecule has 11 heteroatoms. The summed E-state index contributed by atoms with van der Waals surface area (Å²) < 4.78 is 70.8. The number of nitrogens with one attached hydrogen (secondary N) is 2.